The van der Waals surface area contributed by atoms with Crippen LogP contribution in [0.3, 0.4) is 0 Å². The van der Waals surface area contributed by atoms with Crippen LogP contribution in [0.25, 0.3) is 0 Å². The van der Waals surface area contributed by atoms with Crippen LogP contribution in [-0.2, 0) is 22.6 Å². The molecule has 1 aromatic rings. The molecule has 1 N–H and O–H groups in total. The molecule has 1 heterocycles. The zero-order chi connectivity index (χ0) is 15.1. The van der Waals surface area contributed by atoms with Gasteiger partial charge in [0.2, 0.25) is 5.91 Å². The molecular formula is C16H18BrNO3. The summed E-state index contributed by atoms with van der Waals surface area (Å²) in [7, 11) is 0. The van der Waals surface area contributed by atoms with Gasteiger partial charge in [0, 0.05) is 23.4 Å². The van der Waals surface area contributed by atoms with Gasteiger partial charge in [0.05, 0.1) is 0 Å². The highest BCUT2D eigenvalue weighted by Crippen LogP contribution is 2.39. The number of carboxylic acid groups (broad SMARTS) is 1. The number of fused-ring (bicyclic) bond motifs is 1. The van der Waals surface area contributed by atoms with Gasteiger partial charge in [0.15, 0.2) is 0 Å². The summed E-state index contributed by atoms with van der Waals surface area (Å²) in [5.74, 6) is -0.570. The third-order valence-electron chi connectivity index (χ3n) is 4.62. The average molecular weight is 352 g/mol. The minimum absolute atomic E-state index is 0.0180. The predicted octanol–water partition coefficient (Wildman–Crippen LogP) is 2.83. The Morgan fingerprint density at radius 2 is 2.10 bits per heavy atom. The molecule has 3 rings (SSSR count). The Morgan fingerprint density at radius 1 is 1.38 bits per heavy atom. The standard InChI is InChI=1S/C16H18BrNO3/c1-9(10-5-6-10)15(19)18-8-11-3-2-4-13(17)12(11)7-14(18)16(20)21/h2-4,9-10,14H,5-8H2,1H3,(H,20,21). The summed E-state index contributed by atoms with van der Waals surface area (Å²) in [6, 6.07) is 5.06. The van der Waals surface area contributed by atoms with Crippen molar-refractivity contribution >= 4 is 27.8 Å². The quantitative estimate of drug-likeness (QED) is 0.910. The molecule has 4 nitrogen and oxygen atoms in total. The van der Waals surface area contributed by atoms with Gasteiger partial charge >= 0.3 is 5.97 Å². The minimum Gasteiger partial charge on any atom is -0.480 e. The van der Waals surface area contributed by atoms with E-state index in [1.54, 1.807) is 4.90 Å². The second kappa shape index (κ2) is 5.44. The maximum Gasteiger partial charge on any atom is 0.326 e. The van der Waals surface area contributed by atoms with Crippen molar-refractivity contribution < 1.29 is 14.7 Å². The Labute approximate surface area is 132 Å². The minimum atomic E-state index is -0.923. The van der Waals surface area contributed by atoms with Crippen molar-refractivity contribution in [2.24, 2.45) is 11.8 Å². The van der Waals surface area contributed by atoms with E-state index >= 15 is 0 Å². The van der Waals surface area contributed by atoms with Crippen molar-refractivity contribution in [2.45, 2.75) is 38.8 Å². The van der Waals surface area contributed by atoms with Crippen LogP contribution in [0, 0.1) is 11.8 Å². The average Bonchev–Trinajstić information content (AvgIpc) is 3.29. The summed E-state index contributed by atoms with van der Waals surface area (Å²) in [4.78, 5) is 25.8. The van der Waals surface area contributed by atoms with E-state index in [9.17, 15) is 14.7 Å². The fourth-order valence-corrected chi connectivity index (χ4v) is 3.66. The summed E-state index contributed by atoms with van der Waals surface area (Å²) >= 11 is 3.48. The van der Waals surface area contributed by atoms with E-state index in [2.05, 4.69) is 15.9 Å². The molecule has 0 radical (unpaired) electrons. The molecule has 1 aliphatic carbocycles. The molecule has 1 amide bonds. The van der Waals surface area contributed by atoms with Crippen LogP contribution < -0.4 is 0 Å². The molecule has 21 heavy (non-hydrogen) atoms. The lowest BCUT2D eigenvalue weighted by Gasteiger charge is -2.36. The number of hydrogen-bond donors (Lipinski definition) is 1. The molecule has 1 aliphatic heterocycles. The van der Waals surface area contributed by atoms with Crippen LogP contribution >= 0.6 is 15.9 Å². The van der Waals surface area contributed by atoms with Crippen molar-refractivity contribution in [3.05, 3.63) is 33.8 Å². The van der Waals surface area contributed by atoms with Gasteiger partial charge < -0.3 is 10.0 Å². The van der Waals surface area contributed by atoms with Crippen molar-refractivity contribution in [3.63, 3.8) is 0 Å². The molecule has 1 saturated carbocycles. The van der Waals surface area contributed by atoms with E-state index < -0.39 is 12.0 Å². The van der Waals surface area contributed by atoms with Crippen LogP contribution in [0.1, 0.15) is 30.9 Å². The topological polar surface area (TPSA) is 57.6 Å². The highest BCUT2D eigenvalue weighted by atomic mass is 79.9. The number of amides is 1. The Morgan fingerprint density at radius 3 is 2.71 bits per heavy atom. The lowest BCUT2D eigenvalue weighted by Crippen LogP contribution is -2.50. The monoisotopic (exact) mass is 351 g/mol. The highest BCUT2D eigenvalue weighted by molar-refractivity contribution is 9.10. The largest absolute Gasteiger partial charge is 0.480 e. The number of halogens is 1. The van der Waals surface area contributed by atoms with E-state index in [0.717, 1.165) is 28.4 Å². The molecule has 1 aromatic carbocycles. The smallest absolute Gasteiger partial charge is 0.326 e. The molecule has 0 aromatic heterocycles. The summed E-state index contributed by atoms with van der Waals surface area (Å²) in [6.07, 6.45) is 2.54. The summed E-state index contributed by atoms with van der Waals surface area (Å²) in [6.45, 7) is 2.32. The van der Waals surface area contributed by atoms with E-state index in [1.807, 2.05) is 25.1 Å². The van der Waals surface area contributed by atoms with Crippen molar-refractivity contribution in [1.82, 2.24) is 4.90 Å². The molecule has 5 heteroatoms. The van der Waals surface area contributed by atoms with Gasteiger partial charge in [0.25, 0.3) is 0 Å². The first kappa shape index (κ1) is 14.6. The van der Waals surface area contributed by atoms with Crippen LogP contribution in [0.5, 0.6) is 0 Å². The Balaban J connectivity index is 1.91. The molecular weight excluding hydrogens is 334 g/mol. The Hall–Kier alpha value is -1.36. The normalized spacial score (nSPS) is 22.6. The predicted molar refractivity (Wildman–Crippen MR) is 81.7 cm³/mol. The number of carbonyl (C=O) groups is 2. The first-order chi connectivity index (χ1) is 9.99. The van der Waals surface area contributed by atoms with Gasteiger partial charge in [0.1, 0.15) is 6.04 Å². The first-order valence-electron chi connectivity index (χ1n) is 7.28. The Kier molecular flexibility index (Phi) is 3.78. The molecule has 1 fully saturated rings. The first-order valence-corrected chi connectivity index (χ1v) is 8.08. The zero-order valence-electron chi connectivity index (χ0n) is 11.9. The lowest BCUT2D eigenvalue weighted by molar-refractivity contribution is -0.153. The highest BCUT2D eigenvalue weighted by Gasteiger charge is 2.41. The third kappa shape index (κ3) is 2.71. The van der Waals surface area contributed by atoms with Gasteiger partial charge in [-0.2, -0.15) is 0 Å². The maximum absolute atomic E-state index is 12.6. The van der Waals surface area contributed by atoms with Crippen molar-refractivity contribution in [2.75, 3.05) is 0 Å². The summed E-state index contributed by atoms with van der Waals surface area (Å²) in [5.41, 5.74) is 2.05. The van der Waals surface area contributed by atoms with Crippen LogP contribution in [0.2, 0.25) is 0 Å². The number of hydrogen-bond acceptors (Lipinski definition) is 2. The number of benzene rings is 1. The van der Waals surface area contributed by atoms with E-state index in [0.29, 0.717) is 18.9 Å². The van der Waals surface area contributed by atoms with E-state index in [-0.39, 0.29) is 11.8 Å². The zero-order valence-corrected chi connectivity index (χ0v) is 13.5. The van der Waals surface area contributed by atoms with Crippen LogP contribution in [0.4, 0.5) is 0 Å². The molecule has 0 saturated heterocycles. The van der Waals surface area contributed by atoms with Gasteiger partial charge in [-0.05, 0) is 36.0 Å². The van der Waals surface area contributed by atoms with Gasteiger partial charge in [-0.25, -0.2) is 4.79 Å². The molecule has 2 unspecified atom stereocenters. The number of aliphatic carboxylic acids is 1. The second-order valence-electron chi connectivity index (χ2n) is 6.03. The fourth-order valence-electron chi connectivity index (χ4n) is 3.09. The Bertz CT molecular complexity index is 597. The second-order valence-corrected chi connectivity index (χ2v) is 6.88. The maximum atomic E-state index is 12.6. The molecule has 2 aliphatic rings. The lowest BCUT2D eigenvalue weighted by atomic mass is 9.92. The van der Waals surface area contributed by atoms with E-state index in [4.69, 9.17) is 0 Å². The molecule has 0 spiro atoms. The summed E-state index contributed by atoms with van der Waals surface area (Å²) in [5, 5.41) is 9.50. The number of carbonyl (C=O) groups excluding carboxylic acids is 1. The van der Waals surface area contributed by atoms with Crippen LogP contribution in [0.15, 0.2) is 22.7 Å². The van der Waals surface area contributed by atoms with Crippen molar-refractivity contribution in [1.29, 1.82) is 0 Å². The molecule has 0 bridgehead atoms. The summed E-state index contributed by atoms with van der Waals surface area (Å²) < 4.78 is 0.925. The van der Waals surface area contributed by atoms with Crippen molar-refractivity contribution in [3.8, 4) is 0 Å². The number of carboxylic acids is 1. The fraction of sp³-hybridized carbons (Fsp3) is 0.500. The number of rotatable bonds is 3. The number of nitrogens with zero attached hydrogens (tertiary/aromatic N) is 1. The van der Waals surface area contributed by atoms with Gasteiger partial charge in [-0.1, -0.05) is 35.0 Å². The van der Waals surface area contributed by atoms with Gasteiger partial charge in [-0.15, -0.1) is 0 Å². The SMILES string of the molecule is CC(C(=O)N1Cc2cccc(Br)c2CC1C(=O)O)C1CC1. The third-order valence-corrected chi connectivity index (χ3v) is 5.36. The van der Waals surface area contributed by atoms with E-state index in [1.165, 1.54) is 0 Å². The molecule has 112 valence electrons. The van der Waals surface area contributed by atoms with Crippen LogP contribution in [-0.4, -0.2) is 27.9 Å². The molecule has 2 atom stereocenters. The van der Waals surface area contributed by atoms with Gasteiger partial charge in [-0.3, -0.25) is 4.79 Å².